The third kappa shape index (κ3) is 7.25. The molecule has 5 rings (SSSR count). The van der Waals surface area contributed by atoms with Gasteiger partial charge in [0.15, 0.2) is 6.61 Å². The van der Waals surface area contributed by atoms with Gasteiger partial charge in [0.1, 0.15) is 29.4 Å². The van der Waals surface area contributed by atoms with Gasteiger partial charge in [-0.3, -0.25) is 19.7 Å². The highest BCUT2D eigenvalue weighted by molar-refractivity contribution is 6.39. The Kier molecular flexibility index (Phi) is 8.77. The van der Waals surface area contributed by atoms with E-state index in [1.165, 1.54) is 6.08 Å². The minimum absolute atomic E-state index is 0.212. The third-order valence-electron chi connectivity index (χ3n) is 6.38. The molecule has 1 aliphatic heterocycles. The van der Waals surface area contributed by atoms with Gasteiger partial charge in [0.25, 0.3) is 17.7 Å². The topological polar surface area (TPSA) is 123 Å². The number of anilines is 2. The molecule has 1 fully saturated rings. The van der Waals surface area contributed by atoms with Gasteiger partial charge in [-0.25, -0.2) is 9.69 Å². The molecular weight excluding hydrogens is 550 g/mol. The minimum atomic E-state index is -0.846. The van der Waals surface area contributed by atoms with Crippen molar-refractivity contribution in [2.75, 3.05) is 23.9 Å². The second kappa shape index (κ2) is 13.2. The lowest BCUT2D eigenvalue weighted by atomic mass is 10.1. The largest absolute Gasteiger partial charge is 0.497 e. The Bertz CT molecular complexity index is 1650. The van der Waals surface area contributed by atoms with Crippen LogP contribution in [0, 0.1) is 0 Å². The van der Waals surface area contributed by atoms with Gasteiger partial charge in [0.05, 0.1) is 12.8 Å². The normalized spacial score (nSPS) is 13.8. The van der Waals surface area contributed by atoms with Crippen LogP contribution in [0.15, 0.2) is 109 Å². The number of ether oxygens (including phenoxy) is 3. The molecule has 1 heterocycles. The summed E-state index contributed by atoms with van der Waals surface area (Å²) in [6, 6.07) is 28.6. The lowest BCUT2D eigenvalue weighted by molar-refractivity contribution is -0.122. The number of methoxy groups -OCH3 is 1. The molecule has 5 amide bonds. The SMILES string of the molecule is COc1ccc(NC(=O)COc2ccc(/C=C3/C(=O)NC(=O)N(c4ccc(OCc5ccccc5)cc4)C3=O)cc2)cc1. The van der Waals surface area contributed by atoms with Crippen LogP contribution in [-0.2, 0) is 21.0 Å². The van der Waals surface area contributed by atoms with E-state index in [0.29, 0.717) is 35.1 Å². The highest BCUT2D eigenvalue weighted by atomic mass is 16.5. The number of imide groups is 2. The fraction of sp³-hybridized carbons (Fsp3) is 0.0909. The first kappa shape index (κ1) is 28.6. The van der Waals surface area contributed by atoms with Crippen LogP contribution < -0.4 is 29.7 Å². The fourth-order valence-corrected chi connectivity index (χ4v) is 4.17. The molecule has 1 saturated heterocycles. The van der Waals surface area contributed by atoms with E-state index in [0.717, 1.165) is 10.5 Å². The highest BCUT2D eigenvalue weighted by Gasteiger charge is 2.36. The van der Waals surface area contributed by atoms with Crippen molar-refractivity contribution in [2.45, 2.75) is 6.61 Å². The fourth-order valence-electron chi connectivity index (χ4n) is 4.17. The summed E-state index contributed by atoms with van der Waals surface area (Å²) in [6.45, 7) is 0.145. The van der Waals surface area contributed by atoms with Crippen molar-refractivity contribution in [1.82, 2.24) is 5.32 Å². The smallest absolute Gasteiger partial charge is 0.335 e. The average molecular weight is 578 g/mol. The molecule has 2 N–H and O–H groups in total. The summed E-state index contributed by atoms with van der Waals surface area (Å²) < 4.78 is 16.4. The van der Waals surface area contributed by atoms with Crippen LogP contribution in [-0.4, -0.2) is 37.5 Å². The lowest BCUT2D eigenvalue weighted by Gasteiger charge is -2.26. The molecule has 0 atom stereocenters. The predicted molar refractivity (Wildman–Crippen MR) is 160 cm³/mol. The van der Waals surface area contributed by atoms with Crippen molar-refractivity contribution < 1.29 is 33.4 Å². The minimum Gasteiger partial charge on any atom is -0.497 e. The number of benzene rings is 4. The summed E-state index contributed by atoms with van der Waals surface area (Å²) in [5.74, 6) is -0.259. The summed E-state index contributed by atoms with van der Waals surface area (Å²) in [6.07, 6.45) is 1.38. The lowest BCUT2D eigenvalue weighted by Crippen LogP contribution is -2.54. The summed E-state index contributed by atoms with van der Waals surface area (Å²) in [7, 11) is 1.56. The molecule has 43 heavy (non-hydrogen) atoms. The second-order valence-electron chi connectivity index (χ2n) is 9.36. The van der Waals surface area contributed by atoms with Gasteiger partial charge in [0, 0.05) is 5.69 Å². The molecular formula is C33H27N3O7. The van der Waals surface area contributed by atoms with Gasteiger partial charge in [-0.15, -0.1) is 0 Å². The van der Waals surface area contributed by atoms with Crippen LogP contribution in [0.1, 0.15) is 11.1 Å². The van der Waals surface area contributed by atoms with Gasteiger partial charge in [-0.2, -0.15) is 0 Å². The predicted octanol–water partition coefficient (Wildman–Crippen LogP) is 4.96. The van der Waals surface area contributed by atoms with E-state index in [-0.39, 0.29) is 23.8 Å². The van der Waals surface area contributed by atoms with Crippen molar-refractivity contribution in [3.8, 4) is 17.2 Å². The number of nitrogens with one attached hydrogen (secondary N) is 2. The molecule has 4 aromatic carbocycles. The molecule has 0 unspecified atom stereocenters. The van der Waals surface area contributed by atoms with E-state index in [1.807, 2.05) is 30.3 Å². The molecule has 0 aromatic heterocycles. The van der Waals surface area contributed by atoms with Crippen molar-refractivity contribution in [1.29, 1.82) is 0 Å². The van der Waals surface area contributed by atoms with Crippen LogP contribution in [0.2, 0.25) is 0 Å². The number of urea groups is 1. The van der Waals surface area contributed by atoms with Gasteiger partial charge in [0.2, 0.25) is 0 Å². The first-order valence-electron chi connectivity index (χ1n) is 13.2. The van der Waals surface area contributed by atoms with Crippen LogP contribution in [0.5, 0.6) is 17.2 Å². The number of hydrogen-bond donors (Lipinski definition) is 2. The molecule has 10 heteroatoms. The molecule has 0 saturated carbocycles. The molecule has 4 aromatic rings. The second-order valence-corrected chi connectivity index (χ2v) is 9.36. The van der Waals surface area contributed by atoms with Crippen LogP contribution in [0.25, 0.3) is 6.08 Å². The van der Waals surface area contributed by atoms with Crippen molar-refractivity contribution in [3.63, 3.8) is 0 Å². The number of barbiturate groups is 1. The molecule has 0 aliphatic carbocycles. The standard InChI is InChI=1S/C33H27N3O7/c1-41-26-15-9-24(10-16-26)34-30(37)21-43-27-13-7-22(8-14-27)19-29-31(38)35-33(40)36(32(29)39)25-11-17-28(18-12-25)42-20-23-5-3-2-4-6-23/h2-19H,20-21H2,1H3,(H,34,37)(H,35,38,40)/b29-19-. The molecule has 0 bridgehead atoms. The summed E-state index contributed by atoms with van der Waals surface area (Å²) in [5, 5.41) is 4.94. The van der Waals surface area contributed by atoms with Gasteiger partial charge in [-0.05, 0) is 77.9 Å². The zero-order valence-corrected chi connectivity index (χ0v) is 23.1. The average Bonchev–Trinajstić information content (AvgIpc) is 3.03. The van der Waals surface area contributed by atoms with E-state index in [1.54, 1.807) is 79.9 Å². The molecule has 216 valence electrons. The maximum absolute atomic E-state index is 13.2. The summed E-state index contributed by atoms with van der Waals surface area (Å²) in [5.41, 5.74) is 2.19. The van der Waals surface area contributed by atoms with Crippen LogP contribution in [0.4, 0.5) is 16.2 Å². The van der Waals surface area contributed by atoms with Crippen molar-refractivity contribution >= 4 is 41.2 Å². The number of nitrogens with zero attached hydrogens (tertiary/aromatic N) is 1. The van der Waals surface area contributed by atoms with Crippen molar-refractivity contribution in [3.05, 3.63) is 120 Å². The van der Waals surface area contributed by atoms with Crippen molar-refractivity contribution in [2.24, 2.45) is 0 Å². The zero-order chi connectivity index (χ0) is 30.2. The number of rotatable bonds is 10. The van der Waals surface area contributed by atoms with Gasteiger partial charge >= 0.3 is 6.03 Å². The highest BCUT2D eigenvalue weighted by Crippen LogP contribution is 2.25. The van der Waals surface area contributed by atoms with Gasteiger partial charge in [-0.1, -0.05) is 42.5 Å². The first-order valence-corrected chi connectivity index (χ1v) is 13.2. The number of carbonyl (C=O) groups excluding carboxylic acids is 4. The van der Waals surface area contributed by atoms with E-state index in [9.17, 15) is 19.2 Å². The molecule has 1 aliphatic rings. The Hall–Kier alpha value is -5.90. The summed E-state index contributed by atoms with van der Waals surface area (Å²) in [4.78, 5) is 51.5. The maximum atomic E-state index is 13.2. The Morgan fingerprint density at radius 3 is 2.09 bits per heavy atom. The maximum Gasteiger partial charge on any atom is 0.335 e. The van der Waals surface area contributed by atoms with E-state index in [4.69, 9.17) is 14.2 Å². The Balaban J connectivity index is 1.20. The molecule has 0 spiro atoms. The van der Waals surface area contributed by atoms with E-state index >= 15 is 0 Å². The van der Waals surface area contributed by atoms with Gasteiger partial charge < -0.3 is 19.5 Å². The first-order chi connectivity index (χ1) is 20.9. The Morgan fingerprint density at radius 1 is 0.791 bits per heavy atom. The summed E-state index contributed by atoms with van der Waals surface area (Å²) >= 11 is 0. The quantitative estimate of drug-likeness (QED) is 0.202. The Morgan fingerprint density at radius 2 is 1.42 bits per heavy atom. The molecule has 10 nitrogen and oxygen atoms in total. The van der Waals surface area contributed by atoms with Crippen LogP contribution in [0.3, 0.4) is 0 Å². The number of carbonyl (C=O) groups is 4. The number of amides is 5. The zero-order valence-electron chi connectivity index (χ0n) is 23.1. The van der Waals surface area contributed by atoms with E-state index in [2.05, 4.69) is 10.6 Å². The van der Waals surface area contributed by atoms with Crippen LogP contribution >= 0.6 is 0 Å². The Labute approximate surface area is 247 Å². The number of hydrogen-bond acceptors (Lipinski definition) is 7. The monoisotopic (exact) mass is 577 g/mol. The van der Waals surface area contributed by atoms with E-state index < -0.39 is 17.8 Å². The molecule has 0 radical (unpaired) electrons. The third-order valence-corrected chi connectivity index (χ3v) is 6.38.